The zero-order chi connectivity index (χ0) is 31.9. The second kappa shape index (κ2) is 14.8. The number of carbonyl (C=O) groups is 1. The molecule has 4 aromatic carbocycles. The van der Waals surface area contributed by atoms with Gasteiger partial charge in [0, 0.05) is 0 Å². The lowest BCUT2D eigenvalue weighted by molar-refractivity contribution is -0.119. The van der Waals surface area contributed by atoms with Gasteiger partial charge in [0.1, 0.15) is 18.9 Å². The van der Waals surface area contributed by atoms with E-state index in [2.05, 4.69) is 26.5 Å². The van der Waals surface area contributed by atoms with Crippen molar-refractivity contribution in [2.24, 2.45) is 5.10 Å². The Labute approximate surface area is 274 Å². The van der Waals surface area contributed by atoms with Crippen LogP contribution < -0.4 is 23.9 Å². The Morgan fingerprint density at radius 3 is 2.36 bits per heavy atom. The van der Waals surface area contributed by atoms with Crippen molar-refractivity contribution < 1.29 is 27.4 Å². The number of rotatable bonds is 12. The number of halogens is 3. The number of sulfonamides is 1. The van der Waals surface area contributed by atoms with E-state index in [1.54, 1.807) is 66.7 Å². The molecule has 230 valence electrons. The molecule has 1 amide bonds. The summed E-state index contributed by atoms with van der Waals surface area (Å²) in [5, 5.41) is 4.91. The molecule has 13 heteroatoms. The quantitative estimate of drug-likeness (QED) is 0.125. The van der Waals surface area contributed by atoms with Crippen LogP contribution in [-0.2, 0) is 21.4 Å². The Balaban J connectivity index is 1.52. The van der Waals surface area contributed by atoms with Gasteiger partial charge >= 0.3 is 0 Å². The number of benzene rings is 4. The highest BCUT2D eigenvalue weighted by Crippen LogP contribution is 2.37. The highest BCUT2D eigenvalue weighted by molar-refractivity contribution is 9.10. The van der Waals surface area contributed by atoms with E-state index in [0.717, 1.165) is 15.4 Å². The molecule has 0 saturated heterocycles. The fraction of sp³-hybridized carbons (Fsp3) is 0.161. The number of amides is 1. The van der Waals surface area contributed by atoms with Crippen LogP contribution in [0, 0.1) is 6.92 Å². The minimum Gasteiger partial charge on any atom is -0.495 e. The molecule has 0 unspecified atom stereocenters. The highest BCUT2D eigenvalue weighted by Gasteiger charge is 2.29. The lowest BCUT2D eigenvalue weighted by Gasteiger charge is -2.25. The van der Waals surface area contributed by atoms with Crippen molar-refractivity contribution >= 4 is 67.0 Å². The molecule has 1 N–H and O–H groups in total. The van der Waals surface area contributed by atoms with E-state index in [0.29, 0.717) is 37.3 Å². The van der Waals surface area contributed by atoms with Gasteiger partial charge in [0.25, 0.3) is 15.9 Å². The third-order valence-electron chi connectivity index (χ3n) is 6.24. The summed E-state index contributed by atoms with van der Waals surface area (Å²) in [6.07, 6.45) is 1.40. The maximum absolute atomic E-state index is 13.7. The minimum absolute atomic E-state index is 0.0262. The van der Waals surface area contributed by atoms with Gasteiger partial charge in [0.05, 0.1) is 45.5 Å². The second-order valence-corrected chi connectivity index (χ2v) is 12.9. The fourth-order valence-corrected chi connectivity index (χ4v) is 6.44. The van der Waals surface area contributed by atoms with E-state index < -0.39 is 22.5 Å². The van der Waals surface area contributed by atoms with Crippen LogP contribution in [0.25, 0.3) is 0 Å². The number of nitrogens with zero attached hydrogens (tertiary/aromatic N) is 2. The van der Waals surface area contributed by atoms with E-state index in [9.17, 15) is 13.2 Å². The van der Waals surface area contributed by atoms with Crippen LogP contribution in [0.15, 0.2) is 93.3 Å². The number of anilines is 1. The van der Waals surface area contributed by atoms with Gasteiger partial charge in [-0.15, -0.1) is 0 Å². The Kier molecular flexibility index (Phi) is 11.1. The van der Waals surface area contributed by atoms with Crippen LogP contribution in [0.3, 0.4) is 0 Å². The van der Waals surface area contributed by atoms with Crippen LogP contribution in [-0.4, -0.2) is 41.3 Å². The van der Waals surface area contributed by atoms with Crippen molar-refractivity contribution in [3.05, 3.63) is 110 Å². The summed E-state index contributed by atoms with van der Waals surface area (Å²) in [6, 6.07) is 21.6. The number of nitrogens with one attached hydrogen (secondary N) is 1. The Hall–Kier alpha value is -3.77. The average Bonchev–Trinajstić information content (AvgIpc) is 3.01. The lowest BCUT2D eigenvalue weighted by atomic mass is 10.2. The predicted octanol–water partition coefficient (Wildman–Crippen LogP) is 7.01. The first-order valence-electron chi connectivity index (χ1n) is 13.0. The molecule has 0 aliphatic heterocycles. The molecule has 0 spiro atoms. The lowest BCUT2D eigenvalue weighted by Crippen LogP contribution is -2.39. The van der Waals surface area contributed by atoms with E-state index in [4.69, 9.17) is 37.4 Å². The molecule has 9 nitrogen and oxygen atoms in total. The van der Waals surface area contributed by atoms with Crippen molar-refractivity contribution in [3.8, 4) is 17.2 Å². The van der Waals surface area contributed by atoms with Crippen LogP contribution in [0.4, 0.5) is 5.69 Å². The molecule has 4 rings (SSSR count). The fourth-order valence-electron chi connectivity index (χ4n) is 4.10. The molecule has 0 heterocycles. The molecule has 4 aromatic rings. The maximum atomic E-state index is 13.7. The van der Waals surface area contributed by atoms with Crippen molar-refractivity contribution in [1.29, 1.82) is 0 Å². The smallest absolute Gasteiger partial charge is 0.264 e. The third-order valence-corrected chi connectivity index (χ3v) is 9.35. The summed E-state index contributed by atoms with van der Waals surface area (Å²) >= 11 is 15.6. The predicted molar refractivity (Wildman–Crippen MR) is 176 cm³/mol. The summed E-state index contributed by atoms with van der Waals surface area (Å²) in [5.74, 6) is 0.495. The van der Waals surface area contributed by atoms with Gasteiger partial charge in [0.15, 0.2) is 11.5 Å². The molecule has 0 bridgehead atoms. The van der Waals surface area contributed by atoms with Gasteiger partial charge in [-0.3, -0.25) is 9.10 Å². The summed E-state index contributed by atoms with van der Waals surface area (Å²) in [4.78, 5) is 13.1. The number of aryl methyl sites for hydroxylation is 1. The summed E-state index contributed by atoms with van der Waals surface area (Å²) in [6.45, 7) is 1.48. The molecular formula is C31H28BrCl2N3O6S. The average molecular weight is 721 g/mol. The van der Waals surface area contributed by atoms with Gasteiger partial charge in [-0.2, -0.15) is 5.10 Å². The molecular weight excluding hydrogens is 693 g/mol. The van der Waals surface area contributed by atoms with Crippen molar-refractivity contribution in [1.82, 2.24) is 5.43 Å². The van der Waals surface area contributed by atoms with E-state index >= 15 is 0 Å². The van der Waals surface area contributed by atoms with E-state index in [1.165, 1.54) is 32.6 Å². The standard InChI is InChI=1S/C31H28BrCl2N3O6S/c1-20-9-12-28(41-2)27(13-20)37(44(39,40)23-7-5-4-6-8-23)18-30(38)36-35-17-22-14-24(32)31(29(16-22)42-3)43-19-21-10-11-25(33)26(34)15-21/h4-17H,18-19H2,1-3H3,(H,36,38)/b35-17+. The number of methoxy groups -OCH3 is 2. The molecule has 0 aliphatic carbocycles. The molecule has 0 atom stereocenters. The highest BCUT2D eigenvalue weighted by atomic mass is 79.9. The third kappa shape index (κ3) is 8.03. The second-order valence-electron chi connectivity index (χ2n) is 9.36. The van der Waals surface area contributed by atoms with Crippen LogP contribution in [0.2, 0.25) is 10.0 Å². The Morgan fingerprint density at radius 1 is 0.955 bits per heavy atom. The van der Waals surface area contributed by atoms with Crippen molar-refractivity contribution in [2.45, 2.75) is 18.4 Å². The first kappa shape index (κ1) is 33.1. The number of hydrogen-bond donors (Lipinski definition) is 1. The van der Waals surface area contributed by atoms with E-state index in [1.807, 2.05) is 6.92 Å². The van der Waals surface area contributed by atoms with Crippen molar-refractivity contribution in [3.63, 3.8) is 0 Å². The Bertz CT molecular complexity index is 1790. The topological polar surface area (TPSA) is 107 Å². The zero-order valence-electron chi connectivity index (χ0n) is 23.9. The van der Waals surface area contributed by atoms with Gasteiger partial charge in [0.2, 0.25) is 0 Å². The number of carbonyl (C=O) groups excluding carboxylic acids is 1. The Morgan fingerprint density at radius 2 is 1.68 bits per heavy atom. The monoisotopic (exact) mass is 719 g/mol. The maximum Gasteiger partial charge on any atom is 0.264 e. The normalized spacial score (nSPS) is 11.3. The summed E-state index contributed by atoms with van der Waals surface area (Å²) in [5.41, 5.74) is 4.81. The first-order chi connectivity index (χ1) is 21.0. The van der Waals surface area contributed by atoms with Crippen LogP contribution in [0.1, 0.15) is 16.7 Å². The summed E-state index contributed by atoms with van der Waals surface area (Å²) in [7, 11) is -1.20. The van der Waals surface area contributed by atoms with Gasteiger partial charge in [-0.25, -0.2) is 13.8 Å². The zero-order valence-corrected chi connectivity index (χ0v) is 27.8. The SMILES string of the molecule is COc1ccc(C)cc1N(CC(=O)N/N=C/c1cc(Br)c(OCc2ccc(Cl)c(Cl)c2)c(OC)c1)S(=O)(=O)c1ccccc1. The number of hydrazone groups is 1. The first-order valence-corrected chi connectivity index (χ1v) is 16.0. The van der Waals surface area contributed by atoms with Gasteiger partial charge in [-0.1, -0.05) is 53.5 Å². The van der Waals surface area contributed by atoms with Crippen LogP contribution >= 0.6 is 39.1 Å². The summed E-state index contributed by atoms with van der Waals surface area (Å²) < 4.78 is 45.8. The van der Waals surface area contributed by atoms with Crippen LogP contribution in [0.5, 0.6) is 17.2 Å². The van der Waals surface area contributed by atoms with Crippen molar-refractivity contribution in [2.75, 3.05) is 25.1 Å². The molecule has 0 aliphatic rings. The largest absolute Gasteiger partial charge is 0.495 e. The molecule has 0 fully saturated rings. The molecule has 44 heavy (non-hydrogen) atoms. The number of ether oxygens (including phenoxy) is 3. The molecule has 0 radical (unpaired) electrons. The van der Waals surface area contributed by atoms with Gasteiger partial charge in [-0.05, 0) is 88.1 Å². The minimum atomic E-state index is -4.14. The molecule has 0 aromatic heterocycles. The van der Waals surface area contributed by atoms with E-state index in [-0.39, 0.29) is 17.2 Å². The number of hydrogen-bond acceptors (Lipinski definition) is 7. The molecule has 0 saturated carbocycles. The van der Waals surface area contributed by atoms with Gasteiger partial charge < -0.3 is 14.2 Å².